The van der Waals surface area contributed by atoms with Crippen LogP contribution in [-0.4, -0.2) is 24.4 Å². The molecule has 112 valence electrons. The molecule has 0 fully saturated rings. The van der Waals surface area contributed by atoms with Crippen LogP contribution in [0.25, 0.3) is 0 Å². The predicted octanol–water partition coefficient (Wildman–Crippen LogP) is 2.42. The van der Waals surface area contributed by atoms with Crippen LogP contribution in [0.5, 0.6) is 0 Å². The number of carbonyl (C=O) groups excluding carboxylic acids is 1. The van der Waals surface area contributed by atoms with Crippen molar-refractivity contribution in [2.75, 3.05) is 18.5 Å². The number of hydrogen-bond acceptors (Lipinski definition) is 3. The lowest BCUT2D eigenvalue weighted by Gasteiger charge is -2.24. The van der Waals surface area contributed by atoms with Gasteiger partial charge >= 0.3 is 0 Å². The molecule has 3 rings (SSSR count). The van der Waals surface area contributed by atoms with Crippen LogP contribution in [0.15, 0.2) is 54.6 Å². The topological polar surface area (TPSA) is 63.5 Å². The maximum absolute atomic E-state index is 12.8. The summed E-state index contributed by atoms with van der Waals surface area (Å²) in [6.45, 7) is -0.401. The number of carbonyl (C=O) groups is 1. The normalized spacial score (nSPS) is 20.0. The minimum absolute atomic E-state index is 0.214. The first kappa shape index (κ1) is 14.3. The summed E-state index contributed by atoms with van der Waals surface area (Å²) >= 11 is 0. The van der Waals surface area contributed by atoms with Crippen molar-refractivity contribution < 1.29 is 9.72 Å². The number of para-hydroxylation sites is 1. The van der Waals surface area contributed by atoms with Crippen molar-refractivity contribution in [1.82, 2.24) is 0 Å². The molecule has 0 radical (unpaired) electrons. The molecule has 22 heavy (non-hydrogen) atoms. The number of nitro groups is 1. The van der Waals surface area contributed by atoms with Crippen LogP contribution in [0.1, 0.15) is 11.1 Å². The first-order valence-electron chi connectivity index (χ1n) is 7.08. The molecule has 0 unspecified atom stereocenters. The molecule has 1 heterocycles. The standard InChI is InChI=1S/C17H16N2O3/c1-18-15-10-6-5-9-14(15)17(16(18)20,12-19(21)22)11-13-7-3-2-4-8-13/h2-10H,11-12H2,1H3/t17-/m0/s1. The first-order chi connectivity index (χ1) is 10.5. The Labute approximate surface area is 128 Å². The summed E-state index contributed by atoms with van der Waals surface area (Å²) in [5.41, 5.74) is 1.28. The first-order valence-corrected chi connectivity index (χ1v) is 7.08. The highest BCUT2D eigenvalue weighted by Crippen LogP contribution is 2.43. The van der Waals surface area contributed by atoms with E-state index in [1.54, 1.807) is 7.05 Å². The number of hydrogen-bond donors (Lipinski definition) is 0. The molecule has 0 saturated carbocycles. The lowest BCUT2D eigenvalue weighted by molar-refractivity contribution is -0.488. The van der Waals surface area contributed by atoms with E-state index in [-0.39, 0.29) is 5.91 Å². The molecular formula is C17H16N2O3. The van der Waals surface area contributed by atoms with Gasteiger partial charge in [0.2, 0.25) is 12.5 Å². The number of fused-ring (bicyclic) bond motifs is 1. The second-order valence-corrected chi connectivity index (χ2v) is 5.62. The zero-order valence-electron chi connectivity index (χ0n) is 12.2. The van der Waals surface area contributed by atoms with Gasteiger partial charge in [-0.1, -0.05) is 48.5 Å². The van der Waals surface area contributed by atoms with Gasteiger partial charge in [-0.25, -0.2) is 0 Å². The summed E-state index contributed by atoms with van der Waals surface area (Å²) < 4.78 is 0. The predicted molar refractivity (Wildman–Crippen MR) is 83.5 cm³/mol. The smallest absolute Gasteiger partial charge is 0.244 e. The molecule has 0 spiro atoms. The molecule has 5 heteroatoms. The van der Waals surface area contributed by atoms with Crippen molar-refractivity contribution >= 4 is 11.6 Å². The molecule has 1 aliphatic heterocycles. The highest BCUT2D eigenvalue weighted by molar-refractivity contribution is 6.08. The summed E-state index contributed by atoms with van der Waals surface area (Å²) in [4.78, 5) is 25.2. The molecule has 2 aromatic carbocycles. The van der Waals surface area contributed by atoms with Crippen LogP contribution in [0, 0.1) is 10.1 Å². The Hall–Kier alpha value is -2.69. The fourth-order valence-electron chi connectivity index (χ4n) is 3.26. The van der Waals surface area contributed by atoms with Crippen LogP contribution < -0.4 is 4.90 Å². The lowest BCUT2D eigenvalue weighted by Crippen LogP contribution is -2.45. The Morgan fingerprint density at radius 1 is 1.09 bits per heavy atom. The molecule has 1 aliphatic rings. The molecule has 2 aromatic rings. The van der Waals surface area contributed by atoms with Gasteiger partial charge in [-0.2, -0.15) is 0 Å². The van der Waals surface area contributed by atoms with Gasteiger partial charge in [0.05, 0.1) is 0 Å². The van der Waals surface area contributed by atoms with Crippen LogP contribution in [-0.2, 0) is 16.6 Å². The highest BCUT2D eigenvalue weighted by Gasteiger charge is 2.53. The Kier molecular flexibility index (Phi) is 3.41. The van der Waals surface area contributed by atoms with Crippen molar-refractivity contribution in [2.24, 2.45) is 0 Å². The van der Waals surface area contributed by atoms with Crippen LogP contribution in [0.4, 0.5) is 5.69 Å². The Morgan fingerprint density at radius 3 is 2.41 bits per heavy atom. The molecule has 0 saturated heterocycles. The average Bonchev–Trinajstić information content (AvgIpc) is 2.71. The summed E-state index contributed by atoms with van der Waals surface area (Å²) in [6, 6.07) is 16.8. The Morgan fingerprint density at radius 2 is 1.73 bits per heavy atom. The Bertz CT molecular complexity index is 730. The Balaban J connectivity index is 2.14. The van der Waals surface area contributed by atoms with Gasteiger partial charge in [-0.3, -0.25) is 14.9 Å². The van der Waals surface area contributed by atoms with E-state index in [4.69, 9.17) is 0 Å². The van der Waals surface area contributed by atoms with E-state index in [2.05, 4.69) is 0 Å². The second-order valence-electron chi connectivity index (χ2n) is 5.62. The fourth-order valence-corrected chi connectivity index (χ4v) is 3.26. The average molecular weight is 296 g/mol. The van der Waals surface area contributed by atoms with E-state index in [1.165, 1.54) is 4.90 Å². The van der Waals surface area contributed by atoms with Crippen molar-refractivity contribution in [2.45, 2.75) is 11.8 Å². The van der Waals surface area contributed by atoms with Crippen molar-refractivity contribution in [3.8, 4) is 0 Å². The molecule has 1 amide bonds. The van der Waals surface area contributed by atoms with Crippen LogP contribution in [0.3, 0.4) is 0 Å². The van der Waals surface area contributed by atoms with E-state index in [0.29, 0.717) is 6.42 Å². The quantitative estimate of drug-likeness (QED) is 0.643. The third-order valence-corrected chi connectivity index (χ3v) is 4.24. The van der Waals surface area contributed by atoms with Crippen LogP contribution >= 0.6 is 0 Å². The number of anilines is 1. The maximum Gasteiger partial charge on any atom is 0.244 e. The van der Waals surface area contributed by atoms with Gasteiger partial charge in [0, 0.05) is 17.7 Å². The van der Waals surface area contributed by atoms with Crippen LogP contribution in [0.2, 0.25) is 0 Å². The van der Waals surface area contributed by atoms with Crippen molar-refractivity contribution in [3.05, 3.63) is 75.8 Å². The zero-order chi connectivity index (χ0) is 15.7. The number of benzene rings is 2. The SMILES string of the molecule is CN1C(=O)[C@@](Cc2ccccc2)(C[N+](=O)[O-])c2ccccc21. The fraction of sp³-hybridized carbons (Fsp3) is 0.235. The van der Waals surface area contributed by atoms with Gasteiger partial charge < -0.3 is 4.90 Å². The monoisotopic (exact) mass is 296 g/mol. The molecule has 0 aliphatic carbocycles. The minimum atomic E-state index is -1.13. The number of rotatable bonds is 4. The van der Waals surface area contributed by atoms with E-state index >= 15 is 0 Å². The molecule has 0 N–H and O–H groups in total. The summed E-state index contributed by atoms with van der Waals surface area (Å²) in [7, 11) is 1.67. The van der Waals surface area contributed by atoms with E-state index in [0.717, 1.165) is 16.8 Å². The summed E-state index contributed by atoms with van der Waals surface area (Å²) in [5, 5.41) is 11.2. The molecular weight excluding hydrogens is 280 g/mol. The lowest BCUT2D eigenvalue weighted by atomic mass is 9.76. The third-order valence-electron chi connectivity index (χ3n) is 4.24. The highest BCUT2D eigenvalue weighted by atomic mass is 16.6. The number of nitrogens with zero attached hydrogens (tertiary/aromatic N) is 2. The molecule has 1 atom stereocenters. The third kappa shape index (κ3) is 2.15. The van der Waals surface area contributed by atoms with Crippen molar-refractivity contribution in [3.63, 3.8) is 0 Å². The van der Waals surface area contributed by atoms with Gasteiger partial charge in [0.15, 0.2) is 0 Å². The number of amides is 1. The molecule has 0 bridgehead atoms. The van der Waals surface area contributed by atoms with Crippen molar-refractivity contribution in [1.29, 1.82) is 0 Å². The van der Waals surface area contributed by atoms with E-state index < -0.39 is 16.9 Å². The van der Waals surface area contributed by atoms with Gasteiger partial charge in [-0.05, 0) is 23.6 Å². The zero-order valence-corrected chi connectivity index (χ0v) is 12.2. The number of likely N-dealkylation sites (N-methyl/N-ethyl adjacent to an activating group) is 1. The van der Waals surface area contributed by atoms with Gasteiger partial charge in [0.1, 0.15) is 5.41 Å². The second kappa shape index (κ2) is 5.26. The van der Waals surface area contributed by atoms with Gasteiger partial charge in [-0.15, -0.1) is 0 Å². The summed E-state index contributed by atoms with van der Waals surface area (Å²) in [5.74, 6) is -0.214. The van der Waals surface area contributed by atoms with E-state index in [9.17, 15) is 14.9 Å². The minimum Gasteiger partial charge on any atom is -0.314 e. The molecule has 5 nitrogen and oxygen atoms in total. The van der Waals surface area contributed by atoms with E-state index in [1.807, 2.05) is 54.6 Å². The maximum atomic E-state index is 12.8. The molecule has 0 aromatic heterocycles. The summed E-state index contributed by atoms with van der Waals surface area (Å²) in [6.07, 6.45) is 0.328. The largest absolute Gasteiger partial charge is 0.314 e. The van der Waals surface area contributed by atoms with Gasteiger partial charge in [0.25, 0.3) is 0 Å².